The molecule has 2 rings (SSSR count). The zero-order valence-electron chi connectivity index (χ0n) is 14.8. The predicted molar refractivity (Wildman–Crippen MR) is 96.1 cm³/mol. The van der Waals surface area contributed by atoms with Crippen LogP contribution in [-0.4, -0.2) is 38.7 Å². The average Bonchev–Trinajstić information content (AvgIpc) is 2.66. The van der Waals surface area contributed by atoms with Gasteiger partial charge in [0, 0.05) is 12.7 Å². The van der Waals surface area contributed by atoms with Crippen molar-refractivity contribution in [3.8, 4) is 11.5 Å². The fourth-order valence-electron chi connectivity index (χ4n) is 1.96. The van der Waals surface area contributed by atoms with E-state index in [9.17, 15) is 9.59 Å². The second-order valence-corrected chi connectivity index (χ2v) is 5.47. The van der Waals surface area contributed by atoms with Crippen molar-refractivity contribution in [1.82, 2.24) is 10.9 Å². The molecule has 0 radical (unpaired) electrons. The molecule has 2 aromatic carbocycles. The summed E-state index contributed by atoms with van der Waals surface area (Å²) in [4.78, 5) is 23.7. The van der Waals surface area contributed by atoms with Crippen molar-refractivity contribution >= 4 is 11.8 Å². The Kier molecular flexibility index (Phi) is 7.45. The Hall–Kier alpha value is -3.06. The van der Waals surface area contributed by atoms with E-state index in [-0.39, 0.29) is 6.61 Å². The van der Waals surface area contributed by atoms with Crippen LogP contribution in [0, 0.1) is 6.92 Å². The molecule has 7 heteroatoms. The molecular weight excluding hydrogens is 336 g/mol. The number of nitrogens with one attached hydrogen (secondary N) is 2. The van der Waals surface area contributed by atoms with E-state index in [2.05, 4.69) is 10.9 Å². The van der Waals surface area contributed by atoms with Gasteiger partial charge in [-0.1, -0.05) is 17.7 Å². The van der Waals surface area contributed by atoms with Crippen molar-refractivity contribution in [2.75, 3.05) is 26.9 Å². The van der Waals surface area contributed by atoms with Crippen LogP contribution < -0.4 is 20.3 Å². The molecule has 0 aliphatic carbocycles. The first kappa shape index (κ1) is 19.3. The number of aryl methyl sites for hydroxylation is 1. The zero-order chi connectivity index (χ0) is 18.8. The molecule has 0 aliphatic rings. The van der Waals surface area contributed by atoms with Crippen molar-refractivity contribution < 1.29 is 23.8 Å². The van der Waals surface area contributed by atoms with Crippen molar-refractivity contribution in [3.05, 3.63) is 59.7 Å². The minimum atomic E-state index is -0.460. The van der Waals surface area contributed by atoms with Gasteiger partial charge >= 0.3 is 0 Å². The second-order valence-electron chi connectivity index (χ2n) is 5.47. The van der Waals surface area contributed by atoms with Crippen molar-refractivity contribution in [2.45, 2.75) is 6.92 Å². The topological polar surface area (TPSA) is 85.9 Å². The molecule has 2 aromatic rings. The number of benzene rings is 2. The van der Waals surface area contributed by atoms with Gasteiger partial charge in [0.2, 0.25) is 0 Å². The van der Waals surface area contributed by atoms with Crippen LogP contribution in [0.25, 0.3) is 0 Å². The second kappa shape index (κ2) is 10.0. The lowest BCUT2D eigenvalue weighted by atomic mass is 10.2. The first-order valence-corrected chi connectivity index (χ1v) is 8.09. The minimum absolute atomic E-state index is 0.199. The molecule has 0 spiro atoms. The molecule has 2 amide bonds. The zero-order valence-corrected chi connectivity index (χ0v) is 14.8. The van der Waals surface area contributed by atoms with Gasteiger partial charge in [-0.15, -0.1) is 0 Å². The first-order valence-electron chi connectivity index (χ1n) is 8.09. The van der Waals surface area contributed by atoms with Crippen LogP contribution in [0.2, 0.25) is 0 Å². The van der Waals surface area contributed by atoms with E-state index in [0.717, 1.165) is 5.56 Å². The number of carbonyl (C=O) groups excluding carboxylic acids is 2. The fraction of sp³-hybridized carbons (Fsp3) is 0.263. The number of hydrogen-bond acceptors (Lipinski definition) is 5. The van der Waals surface area contributed by atoms with E-state index in [1.807, 2.05) is 19.1 Å². The number of hydrogen-bond donors (Lipinski definition) is 2. The molecule has 138 valence electrons. The highest BCUT2D eigenvalue weighted by Crippen LogP contribution is 2.12. The van der Waals surface area contributed by atoms with Gasteiger partial charge in [-0.25, -0.2) is 0 Å². The van der Waals surface area contributed by atoms with Crippen LogP contribution in [0.5, 0.6) is 11.5 Å². The van der Waals surface area contributed by atoms with Gasteiger partial charge in [0.1, 0.15) is 18.1 Å². The van der Waals surface area contributed by atoms with Crippen LogP contribution in [0.4, 0.5) is 0 Å². The Morgan fingerprint density at radius 1 is 0.846 bits per heavy atom. The van der Waals surface area contributed by atoms with Crippen LogP contribution in [0.1, 0.15) is 15.9 Å². The Labute approximate surface area is 152 Å². The Balaban J connectivity index is 1.73. The highest BCUT2D eigenvalue weighted by atomic mass is 16.5. The van der Waals surface area contributed by atoms with E-state index >= 15 is 0 Å². The largest absolute Gasteiger partial charge is 0.491 e. The monoisotopic (exact) mass is 358 g/mol. The summed E-state index contributed by atoms with van der Waals surface area (Å²) < 4.78 is 15.6. The van der Waals surface area contributed by atoms with Gasteiger partial charge in [-0.2, -0.15) is 0 Å². The molecule has 7 nitrogen and oxygen atoms in total. The fourth-order valence-corrected chi connectivity index (χ4v) is 1.96. The molecule has 0 unspecified atom stereocenters. The smallest absolute Gasteiger partial charge is 0.276 e. The van der Waals surface area contributed by atoms with E-state index in [1.165, 1.54) is 0 Å². The third-order valence-electron chi connectivity index (χ3n) is 3.38. The summed E-state index contributed by atoms with van der Waals surface area (Å²) in [6, 6.07) is 13.9. The first-order chi connectivity index (χ1) is 12.6. The quantitative estimate of drug-likeness (QED) is 0.556. The van der Waals surface area contributed by atoms with Crippen LogP contribution in [-0.2, 0) is 9.53 Å². The van der Waals surface area contributed by atoms with Gasteiger partial charge in [0.15, 0.2) is 6.61 Å². The number of carbonyl (C=O) groups is 2. The summed E-state index contributed by atoms with van der Waals surface area (Å²) in [6.45, 7) is 2.68. The third kappa shape index (κ3) is 6.45. The summed E-state index contributed by atoms with van der Waals surface area (Å²) in [5.41, 5.74) is 6.14. The lowest BCUT2D eigenvalue weighted by molar-refractivity contribution is -0.123. The molecule has 0 saturated carbocycles. The molecule has 0 aromatic heterocycles. The molecule has 0 aliphatic heterocycles. The standard InChI is InChI=1S/C19H22N2O5/c1-14-3-7-17(8-4-14)26-13-18(22)20-21-19(23)15-5-9-16(10-6-15)25-12-11-24-2/h3-10H,11-13H2,1-2H3,(H,20,22)(H,21,23). The Morgan fingerprint density at radius 2 is 1.46 bits per heavy atom. The van der Waals surface area contributed by atoms with E-state index < -0.39 is 11.8 Å². The molecule has 0 bridgehead atoms. The number of amides is 2. The molecule has 26 heavy (non-hydrogen) atoms. The molecule has 0 atom stereocenters. The van der Waals surface area contributed by atoms with Crippen molar-refractivity contribution in [3.63, 3.8) is 0 Å². The summed E-state index contributed by atoms with van der Waals surface area (Å²) in [5.74, 6) is 0.325. The maximum Gasteiger partial charge on any atom is 0.276 e. The number of ether oxygens (including phenoxy) is 3. The number of methoxy groups -OCH3 is 1. The van der Waals surface area contributed by atoms with Gasteiger partial charge < -0.3 is 14.2 Å². The van der Waals surface area contributed by atoms with Gasteiger partial charge in [0.05, 0.1) is 6.61 Å². The number of hydrazine groups is 1. The third-order valence-corrected chi connectivity index (χ3v) is 3.38. The summed E-state index contributed by atoms with van der Waals surface area (Å²) >= 11 is 0. The SMILES string of the molecule is COCCOc1ccc(C(=O)NNC(=O)COc2ccc(C)cc2)cc1. The normalized spacial score (nSPS) is 10.1. The lowest BCUT2D eigenvalue weighted by Crippen LogP contribution is -2.43. The predicted octanol–water partition coefficient (Wildman–Crippen LogP) is 1.86. The number of rotatable bonds is 8. The minimum Gasteiger partial charge on any atom is -0.491 e. The Bertz CT molecular complexity index is 714. The van der Waals surface area contributed by atoms with E-state index in [4.69, 9.17) is 14.2 Å². The van der Waals surface area contributed by atoms with Gasteiger partial charge in [0.25, 0.3) is 11.8 Å². The Morgan fingerprint density at radius 3 is 2.12 bits per heavy atom. The average molecular weight is 358 g/mol. The van der Waals surface area contributed by atoms with Crippen LogP contribution in [0.15, 0.2) is 48.5 Å². The van der Waals surface area contributed by atoms with E-state index in [0.29, 0.717) is 30.3 Å². The summed E-state index contributed by atoms with van der Waals surface area (Å²) in [5, 5.41) is 0. The van der Waals surface area contributed by atoms with Crippen LogP contribution >= 0.6 is 0 Å². The maximum atomic E-state index is 12.0. The summed E-state index contributed by atoms with van der Waals surface area (Å²) in [6.07, 6.45) is 0. The van der Waals surface area contributed by atoms with Crippen molar-refractivity contribution in [2.24, 2.45) is 0 Å². The van der Waals surface area contributed by atoms with Gasteiger partial charge in [-0.3, -0.25) is 20.4 Å². The van der Waals surface area contributed by atoms with Gasteiger partial charge in [-0.05, 0) is 43.3 Å². The summed E-state index contributed by atoms with van der Waals surface area (Å²) in [7, 11) is 1.59. The molecule has 0 saturated heterocycles. The molecule has 2 N–H and O–H groups in total. The highest BCUT2D eigenvalue weighted by Gasteiger charge is 2.08. The molecule has 0 heterocycles. The highest BCUT2D eigenvalue weighted by molar-refractivity contribution is 5.95. The van der Waals surface area contributed by atoms with Crippen molar-refractivity contribution in [1.29, 1.82) is 0 Å². The maximum absolute atomic E-state index is 12.0. The van der Waals surface area contributed by atoms with E-state index in [1.54, 1.807) is 43.5 Å². The molecule has 0 fully saturated rings. The lowest BCUT2D eigenvalue weighted by Gasteiger charge is -2.10. The molecular formula is C19H22N2O5. The van der Waals surface area contributed by atoms with Crippen LogP contribution in [0.3, 0.4) is 0 Å².